The molecular formula is C15H24N4O. The summed E-state index contributed by atoms with van der Waals surface area (Å²) >= 11 is 0. The van der Waals surface area contributed by atoms with Gasteiger partial charge in [0.25, 0.3) is 0 Å². The molecule has 1 spiro atoms. The summed E-state index contributed by atoms with van der Waals surface area (Å²) in [5.74, 6) is 0.0850. The second-order valence-electron chi connectivity index (χ2n) is 5.45. The molecule has 1 amide bonds. The van der Waals surface area contributed by atoms with Crippen LogP contribution in [0.4, 0.5) is 5.69 Å². The van der Waals surface area contributed by atoms with Crippen LogP contribution in [0, 0.1) is 0 Å². The molecule has 2 aliphatic rings. The Hall–Kier alpha value is -1.49. The van der Waals surface area contributed by atoms with Gasteiger partial charge in [0, 0.05) is 18.9 Å². The van der Waals surface area contributed by atoms with Crippen LogP contribution in [0.25, 0.3) is 0 Å². The maximum Gasteiger partial charge on any atom is 0.223 e. The summed E-state index contributed by atoms with van der Waals surface area (Å²) in [4.78, 5) is 24.5. The van der Waals surface area contributed by atoms with Gasteiger partial charge in [-0.3, -0.25) is 4.79 Å². The molecule has 2 aliphatic heterocycles. The Bertz CT molecular complexity index is 481. The topological polar surface area (TPSA) is 49.3 Å². The highest BCUT2D eigenvalue weighted by Gasteiger charge is 2.46. The largest absolute Gasteiger partial charge is 0.309 e. The zero-order chi connectivity index (χ0) is 14.8. The first kappa shape index (κ1) is 14.9. The van der Waals surface area contributed by atoms with Crippen LogP contribution in [-0.4, -0.2) is 47.5 Å². The highest BCUT2D eigenvalue weighted by atomic mass is 16.2. The van der Waals surface area contributed by atoms with Gasteiger partial charge in [-0.05, 0) is 33.0 Å². The van der Waals surface area contributed by atoms with E-state index in [4.69, 9.17) is 0 Å². The number of amides is 1. The molecule has 3 heterocycles. The third-order valence-electron chi connectivity index (χ3n) is 4.27. The van der Waals surface area contributed by atoms with Crippen molar-refractivity contribution in [3.05, 3.63) is 18.2 Å². The SMILES string of the molecule is CC.CC(=O)N1CC2(CCN(C)CC2)c2ncncc21. The van der Waals surface area contributed by atoms with Crippen molar-refractivity contribution in [2.24, 2.45) is 0 Å². The predicted molar refractivity (Wildman–Crippen MR) is 79.8 cm³/mol. The molecule has 1 aromatic heterocycles. The summed E-state index contributed by atoms with van der Waals surface area (Å²) in [5.41, 5.74) is 2.03. The quantitative estimate of drug-likeness (QED) is 0.725. The highest BCUT2D eigenvalue weighted by Crippen LogP contribution is 2.45. The van der Waals surface area contributed by atoms with Crippen molar-refractivity contribution in [3.63, 3.8) is 0 Å². The van der Waals surface area contributed by atoms with Crippen molar-refractivity contribution in [1.82, 2.24) is 14.9 Å². The lowest BCUT2D eigenvalue weighted by atomic mass is 9.77. The second kappa shape index (κ2) is 5.87. The zero-order valence-corrected chi connectivity index (χ0v) is 12.9. The van der Waals surface area contributed by atoms with Crippen LogP contribution in [0.2, 0.25) is 0 Å². The van der Waals surface area contributed by atoms with E-state index in [1.165, 1.54) is 0 Å². The van der Waals surface area contributed by atoms with Crippen molar-refractivity contribution in [3.8, 4) is 0 Å². The lowest BCUT2D eigenvalue weighted by Gasteiger charge is -2.37. The van der Waals surface area contributed by atoms with E-state index >= 15 is 0 Å². The van der Waals surface area contributed by atoms with Gasteiger partial charge < -0.3 is 9.80 Å². The molecule has 3 rings (SSSR count). The van der Waals surface area contributed by atoms with Gasteiger partial charge in [0.15, 0.2) is 0 Å². The van der Waals surface area contributed by atoms with Crippen molar-refractivity contribution in [2.75, 3.05) is 31.6 Å². The van der Waals surface area contributed by atoms with Crippen molar-refractivity contribution in [2.45, 2.75) is 39.0 Å². The molecule has 0 radical (unpaired) electrons. The summed E-state index contributed by atoms with van der Waals surface area (Å²) in [5, 5.41) is 0. The van der Waals surface area contributed by atoms with Crippen LogP contribution in [0.5, 0.6) is 0 Å². The molecule has 5 heteroatoms. The fraction of sp³-hybridized carbons (Fsp3) is 0.667. The molecule has 0 aromatic carbocycles. The fourth-order valence-electron chi connectivity index (χ4n) is 3.11. The number of nitrogens with zero attached hydrogens (tertiary/aromatic N) is 4. The maximum atomic E-state index is 11.8. The number of hydrogen-bond acceptors (Lipinski definition) is 4. The minimum Gasteiger partial charge on any atom is -0.309 e. The van der Waals surface area contributed by atoms with Gasteiger partial charge in [0.2, 0.25) is 5.91 Å². The summed E-state index contributed by atoms with van der Waals surface area (Å²) in [6, 6.07) is 0. The number of likely N-dealkylation sites (tertiary alicyclic amines) is 1. The van der Waals surface area contributed by atoms with Crippen molar-refractivity contribution < 1.29 is 4.79 Å². The van der Waals surface area contributed by atoms with Crippen LogP contribution in [-0.2, 0) is 10.2 Å². The van der Waals surface area contributed by atoms with Crippen molar-refractivity contribution in [1.29, 1.82) is 0 Å². The standard InChI is InChI=1S/C13H18N4O.C2H6/c1-10(18)17-8-13(3-5-16(2)6-4-13)12-11(17)7-14-9-15-12;1-2/h7,9H,3-6,8H2,1-2H3;1-2H3. The number of carbonyl (C=O) groups is 1. The number of fused-ring (bicyclic) bond motifs is 2. The molecule has 1 aromatic rings. The fourth-order valence-corrected chi connectivity index (χ4v) is 3.11. The van der Waals surface area contributed by atoms with Crippen molar-refractivity contribution >= 4 is 11.6 Å². The first-order chi connectivity index (χ1) is 9.62. The van der Waals surface area contributed by atoms with Gasteiger partial charge >= 0.3 is 0 Å². The van der Waals surface area contributed by atoms with Crippen LogP contribution in [0.3, 0.4) is 0 Å². The number of hydrogen-bond donors (Lipinski definition) is 0. The molecule has 0 saturated carbocycles. The zero-order valence-electron chi connectivity index (χ0n) is 12.9. The molecule has 0 aliphatic carbocycles. The number of aromatic nitrogens is 2. The molecule has 1 fully saturated rings. The molecule has 0 bridgehead atoms. The van der Waals surface area contributed by atoms with E-state index in [9.17, 15) is 4.79 Å². The maximum absolute atomic E-state index is 11.8. The predicted octanol–water partition coefficient (Wildman–Crippen LogP) is 1.83. The molecule has 0 atom stereocenters. The number of anilines is 1. The highest BCUT2D eigenvalue weighted by molar-refractivity contribution is 5.94. The number of carbonyl (C=O) groups excluding carboxylic acids is 1. The molecule has 110 valence electrons. The van der Waals surface area contributed by atoms with E-state index in [-0.39, 0.29) is 11.3 Å². The summed E-state index contributed by atoms with van der Waals surface area (Å²) < 4.78 is 0. The molecule has 5 nitrogen and oxygen atoms in total. The lowest BCUT2D eigenvalue weighted by Crippen LogP contribution is -2.44. The van der Waals surface area contributed by atoms with Crippen LogP contribution < -0.4 is 4.90 Å². The molecular weight excluding hydrogens is 252 g/mol. The van der Waals surface area contributed by atoms with E-state index in [1.54, 1.807) is 19.4 Å². The second-order valence-corrected chi connectivity index (χ2v) is 5.45. The molecule has 20 heavy (non-hydrogen) atoms. The van der Waals surface area contributed by atoms with Gasteiger partial charge in [-0.2, -0.15) is 0 Å². The Balaban J connectivity index is 0.000000704. The first-order valence-electron chi connectivity index (χ1n) is 7.39. The van der Waals surface area contributed by atoms with Gasteiger partial charge in [-0.15, -0.1) is 0 Å². The Morgan fingerprint density at radius 3 is 2.55 bits per heavy atom. The Morgan fingerprint density at radius 1 is 1.30 bits per heavy atom. The lowest BCUT2D eigenvalue weighted by molar-refractivity contribution is -0.116. The molecule has 1 saturated heterocycles. The summed E-state index contributed by atoms with van der Waals surface area (Å²) in [6.45, 7) is 8.51. The number of rotatable bonds is 0. The third-order valence-corrected chi connectivity index (χ3v) is 4.27. The van der Waals surface area contributed by atoms with Crippen LogP contribution >= 0.6 is 0 Å². The normalized spacial score (nSPS) is 20.3. The van der Waals surface area contributed by atoms with Gasteiger partial charge in [0.05, 0.1) is 17.6 Å². The Labute approximate surface area is 121 Å². The average molecular weight is 276 g/mol. The van der Waals surface area contributed by atoms with Crippen LogP contribution in [0.15, 0.2) is 12.5 Å². The van der Waals surface area contributed by atoms with Gasteiger partial charge in [0.1, 0.15) is 6.33 Å². The minimum atomic E-state index is 0.0520. The monoisotopic (exact) mass is 276 g/mol. The molecule has 0 N–H and O–H groups in total. The summed E-state index contributed by atoms with van der Waals surface area (Å²) in [7, 11) is 2.14. The molecule has 0 unspecified atom stereocenters. The summed E-state index contributed by atoms with van der Waals surface area (Å²) in [6.07, 6.45) is 5.51. The van der Waals surface area contributed by atoms with E-state index < -0.39 is 0 Å². The van der Waals surface area contributed by atoms with E-state index in [1.807, 2.05) is 18.7 Å². The smallest absolute Gasteiger partial charge is 0.223 e. The van der Waals surface area contributed by atoms with Gasteiger partial charge in [-0.25, -0.2) is 9.97 Å². The van der Waals surface area contributed by atoms with Gasteiger partial charge in [-0.1, -0.05) is 13.8 Å². The third kappa shape index (κ3) is 2.42. The van der Waals surface area contributed by atoms with E-state index in [2.05, 4.69) is 21.9 Å². The van der Waals surface area contributed by atoms with Crippen LogP contribution in [0.1, 0.15) is 39.3 Å². The Kier molecular flexibility index (Phi) is 4.38. The first-order valence-corrected chi connectivity index (χ1v) is 7.39. The number of piperidine rings is 1. The van der Waals surface area contributed by atoms with E-state index in [0.29, 0.717) is 0 Å². The van der Waals surface area contributed by atoms with E-state index in [0.717, 1.165) is 43.9 Å². The Morgan fingerprint density at radius 2 is 1.95 bits per heavy atom. The minimum absolute atomic E-state index is 0.0520. The average Bonchev–Trinajstić information content (AvgIpc) is 2.80.